The van der Waals surface area contributed by atoms with Crippen molar-refractivity contribution in [2.24, 2.45) is 0 Å². The van der Waals surface area contributed by atoms with Gasteiger partial charge in [-0.1, -0.05) is 275 Å². The maximum absolute atomic E-state index is 12.4. The zero-order valence-corrected chi connectivity index (χ0v) is 46.3. The molecule has 3 N–H and O–H groups in total. The number of nitrogens with one attached hydrogen (secondary N) is 1. The summed E-state index contributed by atoms with van der Waals surface area (Å²) in [6.45, 7) is 4.90. The second-order valence-corrected chi connectivity index (χ2v) is 21.0. The fourth-order valence-electron chi connectivity index (χ4n) is 9.42. The maximum Gasteiger partial charge on any atom is 0.305 e. The van der Waals surface area contributed by atoms with Crippen molar-refractivity contribution < 1.29 is 24.5 Å². The molecule has 0 spiro atoms. The molecule has 0 saturated carbocycles. The van der Waals surface area contributed by atoms with E-state index < -0.39 is 12.1 Å². The van der Waals surface area contributed by atoms with Crippen molar-refractivity contribution in [1.29, 1.82) is 0 Å². The number of aliphatic hydroxyl groups is 2. The molecular formula is C63H119NO5. The predicted molar refractivity (Wildman–Crippen MR) is 301 cm³/mol. The molecule has 2 unspecified atom stereocenters. The van der Waals surface area contributed by atoms with Crippen LogP contribution in [0.15, 0.2) is 36.5 Å². The van der Waals surface area contributed by atoms with Crippen LogP contribution in [-0.2, 0) is 14.3 Å². The molecule has 0 aliphatic heterocycles. The van der Waals surface area contributed by atoms with Gasteiger partial charge in [0.1, 0.15) is 0 Å². The number of ether oxygens (including phenoxy) is 1. The van der Waals surface area contributed by atoms with Gasteiger partial charge in [0, 0.05) is 12.8 Å². The summed E-state index contributed by atoms with van der Waals surface area (Å²) < 4.78 is 5.47. The third-order valence-corrected chi connectivity index (χ3v) is 14.2. The Balaban J connectivity index is 3.36. The lowest BCUT2D eigenvalue weighted by Crippen LogP contribution is -2.45. The van der Waals surface area contributed by atoms with Gasteiger partial charge in [-0.3, -0.25) is 9.59 Å². The van der Waals surface area contributed by atoms with E-state index in [0.717, 1.165) is 51.4 Å². The lowest BCUT2D eigenvalue weighted by Gasteiger charge is -2.22. The smallest absolute Gasteiger partial charge is 0.305 e. The highest BCUT2D eigenvalue weighted by Crippen LogP contribution is 2.17. The number of carbonyl (C=O) groups is 2. The van der Waals surface area contributed by atoms with Crippen LogP contribution in [-0.4, -0.2) is 47.4 Å². The summed E-state index contributed by atoms with van der Waals surface area (Å²) >= 11 is 0. The van der Waals surface area contributed by atoms with Crippen LogP contribution in [0, 0.1) is 0 Å². The third kappa shape index (κ3) is 55.2. The summed E-state index contributed by atoms with van der Waals surface area (Å²) in [6.07, 6.45) is 73.1. The van der Waals surface area contributed by atoms with Gasteiger partial charge in [-0.2, -0.15) is 0 Å². The highest BCUT2D eigenvalue weighted by molar-refractivity contribution is 5.76. The Morgan fingerprint density at radius 2 is 0.739 bits per heavy atom. The van der Waals surface area contributed by atoms with E-state index in [0.29, 0.717) is 25.9 Å². The standard InChI is InChI=1S/C63H119NO5/c1-3-5-7-9-11-13-15-16-34-37-41-45-49-53-57-63(68)69-58-54-50-46-42-38-35-32-30-28-26-24-22-20-18-17-19-21-23-25-27-29-31-33-36-40-44-48-52-56-62(67)64-60(59-65)61(66)55-51-47-43-39-14-12-10-8-6-4-2/h9,11,15-18,60-61,65-66H,3-8,10,12-14,19-59H2,1-2H3,(H,64,67)/b11-9-,16-15-,18-17-. The van der Waals surface area contributed by atoms with Crippen molar-refractivity contribution >= 4 is 11.9 Å². The van der Waals surface area contributed by atoms with E-state index in [1.54, 1.807) is 0 Å². The summed E-state index contributed by atoms with van der Waals surface area (Å²) in [6, 6.07) is -0.540. The van der Waals surface area contributed by atoms with E-state index in [9.17, 15) is 19.8 Å². The Hall–Kier alpha value is -1.92. The molecule has 0 aromatic rings. The SMILES string of the molecule is CCCC/C=C\C/C=C\CCCCCCCC(=O)OCCCCCCCCCCCCCC/C=C\CCCCCCCCCCCCCCC(=O)NC(CO)C(O)CCCCCCCCCCCC. The summed E-state index contributed by atoms with van der Waals surface area (Å²) in [5.74, 6) is -0.0352. The molecule has 0 rings (SSSR count). The van der Waals surface area contributed by atoms with Crippen molar-refractivity contribution in [2.45, 2.75) is 341 Å². The van der Waals surface area contributed by atoms with E-state index in [2.05, 4.69) is 55.6 Å². The van der Waals surface area contributed by atoms with Crippen molar-refractivity contribution in [3.05, 3.63) is 36.5 Å². The Morgan fingerprint density at radius 1 is 0.406 bits per heavy atom. The van der Waals surface area contributed by atoms with Crippen LogP contribution < -0.4 is 5.32 Å². The number of esters is 1. The minimum Gasteiger partial charge on any atom is -0.466 e. The van der Waals surface area contributed by atoms with Crippen LogP contribution in [0.1, 0.15) is 328 Å². The Morgan fingerprint density at radius 3 is 1.16 bits per heavy atom. The van der Waals surface area contributed by atoms with Crippen LogP contribution in [0.4, 0.5) is 0 Å². The maximum atomic E-state index is 12.4. The molecule has 0 aromatic heterocycles. The molecule has 0 aromatic carbocycles. The molecule has 0 saturated heterocycles. The summed E-state index contributed by atoms with van der Waals surface area (Å²) in [7, 11) is 0. The van der Waals surface area contributed by atoms with Gasteiger partial charge in [0.15, 0.2) is 0 Å². The first-order valence-electron chi connectivity index (χ1n) is 30.7. The molecule has 0 aliphatic rings. The van der Waals surface area contributed by atoms with Gasteiger partial charge in [-0.05, 0) is 77.0 Å². The molecule has 69 heavy (non-hydrogen) atoms. The molecule has 0 heterocycles. The largest absolute Gasteiger partial charge is 0.466 e. The Labute approximate surface area is 430 Å². The molecule has 2 atom stereocenters. The highest BCUT2D eigenvalue weighted by atomic mass is 16.5. The predicted octanol–water partition coefficient (Wildman–Crippen LogP) is 19.2. The van der Waals surface area contributed by atoms with Gasteiger partial charge < -0.3 is 20.3 Å². The molecule has 406 valence electrons. The number of aliphatic hydroxyl groups excluding tert-OH is 2. The average molecular weight is 971 g/mol. The Bertz CT molecular complexity index is 1120. The van der Waals surface area contributed by atoms with Crippen molar-refractivity contribution in [2.75, 3.05) is 13.2 Å². The lowest BCUT2D eigenvalue weighted by molar-refractivity contribution is -0.143. The first-order chi connectivity index (χ1) is 34.0. The number of unbranched alkanes of at least 4 members (excludes halogenated alkanes) is 40. The van der Waals surface area contributed by atoms with Gasteiger partial charge in [0.25, 0.3) is 0 Å². The quantitative estimate of drug-likeness (QED) is 0.0321. The van der Waals surface area contributed by atoms with E-state index >= 15 is 0 Å². The number of carbonyl (C=O) groups excluding carboxylic acids is 2. The normalized spacial score (nSPS) is 12.8. The molecular weight excluding hydrogens is 851 g/mol. The topological polar surface area (TPSA) is 95.9 Å². The van der Waals surface area contributed by atoms with Gasteiger partial charge in [0.05, 0.1) is 25.4 Å². The highest BCUT2D eigenvalue weighted by Gasteiger charge is 2.20. The average Bonchev–Trinajstić information content (AvgIpc) is 3.35. The summed E-state index contributed by atoms with van der Waals surface area (Å²) in [5.41, 5.74) is 0. The van der Waals surface area contributed by atoms with Gasteiger partial charge >= 0.3 is 5.97 Å². The number of rotatable bonds is 57. The second kappa shape index (κ2) is 58.6. The molecule has 6 heteroatoms. The van der Waals surface area contributed by atoms with Crippen LogP contribution in [0.25, 0.3) is 0 Å². The van der Waals surface area contributed by atoms with Gasteiger partial charge in [-0.15, -0.1) is 0 Å². The first-order valence-corrected chi connectivity index (χ1v) is 30.7. The number of amides is 1. The molecule has 0 aliphatic carbocycles. The summed E-state index contributed by atoms with van der Waals surface area (Å²) in [4.78, 5) is 24.5. The minimum absolute atomic E-state index is 0.000961. The third-order valence-electron chi connectivity index (χ3n) is 14.2. The fraction of sp³-hybridized carbons (Fsp3) is 0.873. The molecule has 1 amide bonds. The molecule has 0 fully saturated rings. The number of hydrogen-bond acceptors (Lipinski definition) is 5. The van der Waals surface area contributed by atoms with E-state index in [-0.39, 0.29) is 18.5 Å². The van der Waals surface area contributed by atoms with E-state index in [4.69, 9.17) is 4.74 Å². The summed E-state index contributed by atoms with van der Waals surface area (Å²) in [5, 5.41) is 23.2. The van der Waals surface area contributed by atoms with Gasteiger partial charge in [-0.25, -0.2) is 0 Å². The minimum atomic E-state index is -0.662. The van der Waals surface area contributed by atoms with Gasteiger partial charge in [0.2, 0.25) is 5.91 Å². The van der Waals surface area contributed by atoms with Crippen LogP contribution in [0.5, 0.6) is 0 Å². The molecule has 0 bridgehead atoms. The van der Waals surface area contributed by atoms with Crippen LogP contribution >= 0.6 is 0 Å². The zero-order chi connectivity index (χ0) is 50.0. The fourth-order valence-corrected chi connectivity index (χ4v) is 9.42. The second-order valence-electron chi connectivity index (χ2n) is 21.0. The van der Waals surface area contributed by atoms with Crippen LogP contribution in [0.2, 0.25) is 0 Å². The van der Waals surface area contributed by atoms with Crippen molar-refractivity contribution in [3.8, 4) is 0 Å². The van der Waals surface area contributed by atoms with Crippen molar-refractivity contribution in [3.63, 3.8) is 0 Å². The molecule has 0 radical (unpaired) electrons. The monoisotopic (exact) mass is 970 g/mol. The number of hydrogen-bond donors (Lipinski definition) is 3. The Kier molecular flexibility index (Phi) is 57.0. The van der Waals surface area contributed by atoms with Crippen molar-refractivity contribution in [1.82, 2.24) is 5.32 Å². The van der Waals surface area contributed by atoms with E-state index in [1.165, 1.54) is 244 Å². The first kappa shape index (κ1) is 67.1. The number of allylic oxidation sites excluding steroid dienone is 6. The van der Waals surface area contributed by atoms with E-state index in [1.807, 2.05) is 0 Å². The van der Waals surface area contributed by atoms with Crippen LogP contribution in [0.3, 0.4) is 0 Å². The molecule has 6 nitrogen and oxygen atoms in total. The zero-order valence-electron chi connectivity index (χ0n) is 46.3. The lowest BCUT2D eigenvalue weighted by atomic mass is 10.0.